The van der Waals surface area contributed by atoms with E-state index in [0.717, 1.165) is 38.8 Å². The smallest absolute Gasteiger partial charge is 0.171 e. The van der Waals surface area contributed by atoms with Crippen LogP contribution in [0.2, 0.25) is 0 Å². The maximum Gasteiger partial charge on any atom is 0.171 e. The number of hydrogen-bond acceptors (Lipinski definition) is 7. The Balaban J connectivity index is 1.33. The van der Waals surface area contributed by atoms with Crippen LogP contribution in [0, 0.1) is 12.7 Å². The minimum absolute atomic E-state index is 0.0494. The van der Waals surface area contributed by atoms with Gasteiger partial charge in [-0.2, -0.15) is 0 Å². The van der Waals surface area contributed by atoms with Gasteiger partial charge in [-0.05, 0) is 62.6 Å². The van der Waals surface area contributed by atoms with E-state index in [9.17, 15) is 9.50 Å². The molecule has 192 valence electrons. The summed E-state index contributed by atoms with van der Waals surface area (Å²) in [6, 6.07) is 13.8. The van der Waals surface area contributed by atoms with E-state index in [0.29, 0.717) is 35.7 Å². The number of phenolic OH excluding ortho intramolecular Hbond substituents is 1. The first-order valence-corrected chi connectivity index (χ1v) is 13.5. The molecule has 38 heavy (non-hydrogen) atoms. The molecule has 7 nitrogen and oxygen atoms in total. The van der Waals surface area contributed by atoms with Crippen LogP contribution in [0.25, 0.3) is 33.7 Å². The lowest BCUT2D eigenvalue weighted by molar-refractivity contribution is 0.404. The zero-order chi connectivity index (χ0) is 26.4. The first kappa shape index (κ1) is 24.4. The van der Waals surface area contributed by atoms with E-state index in [-0.39, 0.29) is 17.1 Å². The molecule has 0 fully saturated rings. The van der Waals surface area contributed by atoms with Crippen molar-refractivity contribution in [1.82, 2.24) is 24.5 Å². The van der Waals surface area contributed by atoms with E-state index >= 15 is 0 Å². The number of fused-ring (bicyclic) bond motifs is 3. The highest BCUT2D eigenvalue weighted by molar-refractivity contribution is 7.99. The minimum Gasteiger partial charge on any atom is -0.507 e. The maximum absolute atomic E-state index is 14.4. The summed E-state index contributed by atoms with van der Waals surface area (Å²) < 4.78 is 16.6. The minimum atomic E-state index is -0.367. The molecule has 0 unspecified atom stereocenters. The zero-order valence-electron chi connectivity index (χ0n) is 21.4. The Kier molecular flexibility index (Phi) is 6.03. The number of hydrogen-bond donors (Lipinski definition) is 2. The highest BCUT2D eigenvalue weighted by Crippen LogP contribution is 2.41. The van der Waals surface area contributed by atoms with Crippen molar-refractivity contribution in [2.75, 3.05) is 17.6 Å². The summed E-state index contributed by atoms with van der Waals surface area (Å²) in [5.41, 5.74) is 5.13. The van der Waals surface area contributed by atoms with Crippen LogP contribution in [-0.4, -0.2) is 41.9 Å². The fraction of sp³-hybridized carbons (Fsp3) is 0.241. The molecule has 1 aliphatic heterocycles. The lowest BCUT2D eigenvalue weighted by Gasteiger charge is -2.20. The molecule has 1 aliphatic rings. The van der Waals surface area contributed by atoms with Gasteiger partial charge in [0.1, 0.15) is 11.6 Å². The van der Waals surface area contributed by atoms with Crippen LogP contribution < -0.4 is 5.32 Å². The molecule has 0 aliphatic carbocycles. The lowest BCUT2D eigenvalue weighted by Crippen LogP contribution is -2.24. The summed E-state index contributed by atoms with van der Waals surface area (Å²) >= 11 is 1.73. The van der Waals surface area contributed by atoms with Gasteiger partial charge in [-0.3, -0.25) is 9.55 Å². The molecule has 3 aromatic heterocycles. The number of nitrogens with zero attached hydrogens (tertiary/aromatic N) is 5. The molecular weight excluding hydrogens is 499 g/mol. The normalized spacial score (nSPS) is 14.1. The molecule has 2 N–H and O–H groups in total. The molecular formula is C29H27FN6OS. The number of halogens is 1. The molecule has 0 atom stereocenters. The maximum atomic E-state index is 14.4. The Morgan fingerprint density at radius 2 is 1.89 bits per heavy atom. The molecule has 9 heteroatoms. The Morgan fingerprint density at radius 1 is 1.05 bits per heavy atom. The number of pyridine rings is 1. The van der Waals surface area contributed by atoms with Gasteiger partial charge in [0.25, 0.3) is 0 Å². The number of aryl methyl sites for hydroxylation is 1. The average molecular weight is 527 g/mol. The standard InChI is InChI=1S/C29H27FN6OS/c1-17-12-19(15-31-14-17)25-34-26(24-27(35-25)36-28(33-24)38-16-29(36,2)3)32-11-10-18-8-9-23(37)21(13-18)20-6-4-5-7-22(20)30/h4-9,12-15,37H,10-11,16H2,1-3H3,(H,32,34,35). The predicted molar refractivity (Wildman–Crippen MR) is 149 cm³/mol. The van der Waals surface area contributed by atoms with Crippen molar-refractivity contribution in [3.8, 4) is 28.3 Å². The van der Waals surface area contributed by atoms with E-state index in [1.165, 1.54) is 6.07 Å². The van der Waals surface area contributed by atoms with Crippen LogP contribution in [-0.2, 0) is 12.0 Å². The van der Waals surface area contributed by atoms with Gasteiger partial charge in [-0.25, -0.2) is 19.3 Å². The second-order valence-corrected chi connectivity index (χ2v) is 11.1. The number of imidazole rings is 1. The zero-order valence-corrected chi connectivity index (χ0v) is 22.2. The molecule has 6 rings (SSSR count). The van der Waals surface area contributed by atoms with Gasteiger partial charge in [0.05, 0.1) is 5.54 Å². The molecule has 0 amide bonds. The van der Waals surface area contributed by atoms with Crippen molar-refractivity contribution in [2.24, 2.45) is 0 Å². The summed E-state index contributed by atoms with van der Waals surface area (Å²) in [5.74, 6) is 1.88. The number of phenols is 1. The van der Waals surface area contributed by atoms with Crippen LogP contribution in [0.5, 0.6) is 5.75 Å². The number of rotatable bonds is 6. The van der Waals surface area contributed by atoms with Gasteiger partial charge in [0.15, 0.2) is 28.0 Å². The molecule has 0 bridgehead atoms. The Bertz CT molecular complexity index is 1680. The number of aromatic nitrogens is 5. The Morgan fingerprint density at radius 3 is 2.71 bits per heavy atom. The lowest BCUT2D eigenvalue weighted by atomic mass is 10.00. The van der Waals surface area contributed by atoms with Gasteiger partial charge in [-0.1, -0.05) is 36.0 Å². The second-order valence-electron chi connectivity index (χ2n) is 10.2. The largest absolute Gasteiger partial charge is 0.507 e. The SMILES string of the molecule is Cc1cncc(-c2nc(NCCc3ccc(O)c(-c4ccccc4F)c3)c3nc4n(c3n2)C(C)(C)CS4)c1. The van der Waals surface area contributed by atoms with Crippen molar-refractivity contribution in [2.45, 2.75) is 37.9 Å². The topological polar surface area (TPSA) is 88.8 Å². The number of aromatic hydroxyl groups is 1. The van der Waals surface area contributed by atoms with Crippen LogP contribution >= 0.6 is 11.8 Å². The summed E-state index contributed by atoms with van der Waals surface area (Å²) in [6.45, 7) is 6.95. The van der Waals surface area contributed by atoms with Crippen LogP contribution in [0.3, 0.4) is 0 Å². The van der Waals surface area contributed by atoms with E-state index in [4.69, 9.17) is 15.0 Å². The molecule has 5 aromatic rings. The number of benzene rings is 2. The number of thioether (sulfide) groups is 1. The van der Waals surface area contributed by atoms with Gasteiger partial charge in [0.2, 0.25) is 0 Å². The van der Waals surface area contributed by atoms with Crippen LogP contribution in [0.4, 0.5) is 10.2 Å². The highest BCUT2D eigenvalue weighted by atomic mass is 32.2. The number of anilines is 1. The van der Waals surface area contributed by atoms with Gasteiger partial charge in [-0.15, -0.1) is 0 Å². The van der Waals surface area contributed by atoms with Crippen molar-refractivity contribution >= 4 is 28.7 Å². The molecule has 0 radical (unpaired) electrons. The molecule has 0 saturated carbocycles. The quantitative estimate of drug-likeness (QED) is 0.272. The molecule has 4 heterocycles. The summed E-state index contributed by atoms with van der Waals surface area (Å²) in [6.07, 6.45) is 4.23. The van der Waals surface area contributed by atoms with Crippen molar-refractivity contribution in [1.29, 1.82) is 0 Å². The Labute approximate surface area is 224 Å². The fourth-order valence-electron chi connectivity index (χ4n) is 4.78. The first-order valence-electron chi connectivity index (χ1n) is 12.5. The van der Waals surface area contributed by atoms with E-state index in [1.807, 2.05) is 31.3 Å². The fourth-order valence-corrected chi connectivity index (χ4v) is 6.01. The summed E-state index contributed by atoms with van der Waals surface area (Å²) in [4.78, 5) is 19.0. The molecule has 2 aromatic carbocycles. The number of nitrogens with one attached hydrogen (secondary N) is 1. The summed E-state index contributed by atoms with van der Waals surface area (Å²) in [7, 11) is 0. The van der Waals surface area contributed by atoms with E-state index in [2.05, 4.69) is 28.7 Å². The van der Waals surface area contributed by atoms with Gasteiger partial charge in [0, 0.05) is 41.4 Å². The van der Waals surface area contributed by atoms with E-state index in [1.54, 1.807) is 42.2 Å². The summed E-state index contributed by atoms with van der Waals surface area (Å²) in [5, 5.41) is 14.8. The molecule has 0 saturated heterocycles. The third-order valence-electron chi connectivity index (χ3n) is 6.70. The third-order valence-corrected chi connectivity index (χ3v) is 8.08. The van der Waals surface area contributed by atoms with Gasteiger partial charge >= 0.3 is 0 Å². The predicted octanol–water partition coefficient (Wildman–Crippen LogP) is 6.20. The van der Waals surface area contributed by atoms with Crippen LogP contribution in [0.1, 0.15) is 25.0 Å². The van der Waals surface area contributed by atoms with Crippen LogP contribution in [0.15, 0.2) is 66.1 Å². The first-order chi connectivity index (χ1) is 18.3. The van der Waals surface area contributed by atoms with Crippen molar-refractivity contribution in [3.63, 3.8) is 0 Å². The van der Waals surface area contributed by atoms with Crippen molar-refractivity contribution < 1.29 is 9.50 Å². The monoisotopic (exact) mass is 526 g/mol. The van der Waals surface area contributed by atoms with Gasteiger partial charge < -0.3 is 10.4 Å². The highest BCUT2D eigenvalue weighted by Gasteiger charge is 2.35. The molecule has 0 spiro atoms. The Hall–Kier alpha value is -3.98. The second kappa shape index (κ2) is 9.40. The average Bonchev–Trinajstić information content (AvgIpc) is 3.42. The van der Waals surface area contributed by atoms with Crippen molar-refractivity contribution in [3.05, 3.63) is 77.9 Å². The third kappa shape index (κ3) is 4.36. The van der Waals surface area contributed by atoms with E-state index < -0.39 is 0 Å².